The Morgan fingerprint density at radius 2 is 2.05 bits per heavy atom. The summed E-state index contributed by atoms with van der Waals surface area (Å²) in [6.45, 7) is 3.95. The van der Waals surface area contributed by atoms with Gasteiger partial charge in [-0.05, 0) is 36.6 Å². The number of pyridine rings is 1. The second-order valence-corrected chi connectivity index (χ2v) is 4.85. The molecule has 100 valence electrons. The SMILES string of the molecule is CCc1ccc(CC(N)c2ccc(C)cc2F)nc1. The van der Waals surface area contributed by atoms with E-state index < -0.39 is 0 Å². The topological polar surface area (TPSA) is 38.9 Å². The number of benzene rings is 1. The predicted molar refractivity (Wildman–Crippen MR) is 75.4 cm³/mol. The average molecular weight is 258 g/mol. The molecule has 0 bridgehead atoms. The first kappa shape index (κ1) is 13.7. The van der Waals surface area contributed by atoms with Crippen molar-refractivity contribution in [2.45, 2.75) is 32.7 Å². The minimum absolute atomic E-state index is 0.238. The van der Waals surface area contributed by atoms with Gasteiger partial charge in [-0.1, -0.05) is 25.1 Å². The maximum atomic E-state index is 13.8. The number of halogens is 1. The fraction of sp³-hybridized carbons (Fsp3) is 0.312. The number of aryl methyl sites for hydroxylation is 2. The third kappa shape index (κ3) is 3.38. The van der Waals surface area contributed by atoms with E-state index in [0.717, 1.165) is 17.7 Å². The molecule has 2 aromatic rings. The molecule has 0 aliphatic rings. The zero-order valence-electron chi connectivity index (χ0n) is 11.4. The summed E-state index contributed by atoms with van der Waals surface area (Å²) in [6, 6.07) is 8.80. The molecular weight excluding hydrogens is 239 g/mol. The summed E-state index contributed by atoms with van der Waals surface area (Å²) in [5.41, 5.74) is 9.60. The first-order valence-corrected chi connectivity index (χ1v) is 6.55. The molecule has 0 spiro atoms. The minimum Gasteiger partial charge on any atom is -0.324 e. The van der Waals surface area contributed by atoms with Crippen LogP contribution in [0.4, 0.5) is 4.39 Å². The fourth-order valence-electron chi connectivity index (χ4n) is 2.05. The highest BCUT2D eigenvalue weighted by atomic mass is 19.1. The van der Waals surface area contributed by atoms with Crippen molar-refractivity contribution in [3.63, 3.8) is 0 Å². The van der Waals surface area contributed by atoms with Gasteiger partial charge in [0.1, 0.15) is 5.82 Å². The molecule has 0 radical (unpaired) electrons. The van der Waals surface area contributed by atoms with Crippen LogP contribution in [0.25, 0.3) is 0 Å². The lowest BCUT2D eigenvalue weighted by molar-refractivity contribution is 0.577. The molecule has 0 aliphatic heterocycles. The normalized spacial score (nSPS) is 12.4. The van der Waals surface area contributed by atoms with E-state index in [1.807, 2.05) is 31.3 Å². The van der Waals surface area contributed by atoms with Crippen LogP contribution >= 0.6 is 0 Å². The number of nitrogens with two attached hydrogens (primary N) is 1. The molecule has 3 heteroatoms. The van der Waals surface area contributed by atoms with Crippen molar-refractivity contribution in [2.24, 2.45) is 5.73 Å². The van der Waals surface area contributed by atoms with Crippen molar-refractivity contribution in [3.8, 4) is 0 Å². The smallest absolute Gasteiger partial charge is 0.128 e. The summed E-state index contributed by atoms with van der Waals surface area (Å²) >= 11 is 0. The first-order valence-electron chi connectivity index (χ1n) is 6.55. The van der Waals surface area contributed by atoms with Crippen LogP contribution in [0.2, 0.25) is 0 Å². The summed E-state index contributed by atoms with van der Waals surface area (Å²) in [5.74, 6) is -0.238. The molecule has 2 nitrogen and oxygen atoms in total. The molecule has 0 fully saturated rings. The highest BCUT2D eigenvalue weighted by Gasteiger charge is 2.12. The number of nitrogens with zero attached hydrogens (tertiary/aromatic N) is 1. The van der Waals surface area contributed by atoms with Gasteiger partial charge >= 0.3 is 0 Å². The number of hydrogen-bond donors (Lipinski definition) is 1. The predicted octanol–water partition coefficient (Wildman–Crippen LogP) is 3.33. The van der Waals surface area contributed by atoms with Crippen LogP contribution in [0.3, 0.4) is 0 Å². The van der Waals surface area contributed by atoms with Crippen molar-refractivity contribution in [2.75, 3.05) is 0 Å². The minimum atomic E-state index is -0.361. The summed E-state index contributed by atoms with van der Waals surface area (Å²) in [7, 11) is 0. The molecule has 1 heterocycles. The largest absolute Gasteiger partial charge is 0.324 e. The fourth-order valence-corrected chi connectivity index (χ4v) is 2.05. The monoisotopic (exact) mass is 258 g/mol. The molecule has 2 N–H and O–H groups in total. The molecule has 1 atom stereocenters. The Kier molecular flexibility index (Phi) is 4.27. The summed E-state index contributed by atoms with van der Waals surface area (Å²) < 4.78 is 13.8. The van der Waals surface area contributed by atoms with Crippen LogP contribution < -0.4 is 5.73 Å². The van der Waals surface area contributed by atoms with Gasteiger partial charge < -0.3 is 5.73 Å². The van der Waals surface area contributed by atoms with Gasteiger partial charge in [-0.25, -0.2) is 4.39 Å². The van der Waals surface area contributed by atoms with Crippen LogP contribution in [0, 0.1) is 12.7 Å². The van der Waals surface area contributed by atoms with Crippen LogP contribution in [0.15, 0.2) is 36.5 Å². The third-order valence-electron chi connectivity index (χ3n) is 3.28. The van der Waals surface area contributed by atoms with Crippen molar-refractivity contribution >= 4 is 0 Å². The van der Waals surface area contributed by atoms with Crippen LogP contribution in [-0.2, 0) is 12.8 Å². The van der Waals surface area contributed by atoms with E-state index in [0.29, 0.717) is 12.0 Å². The Balaban J connectivity index is 2.13. The lowest BCUT2D eigenvalue weighted by Crippen LogP contribution is -2.15. The lowest BCUT2D eigenvalue weighted by atomic mass is 10.0. The van der Waals surface area contributed by atoms with Crippen LogP contribution in [0.5, 0.6) is 0 Å². The molecule has 19 heavy (non-hydrogen) atoms. The van der Waals surface area contributed by atoms with Crippen molar-refractivity contribution in [3.05, 3.63) is 64.7 Å². The van der Waals surface area contributed by atoms with Gasteiger partial charge in [0.2, 0.25) is 0 Å². The number of rotatable bonds is 4. The molecular formula is C16H19FN2. The van der Waals surface area contributed by atoms with E-state index in [1.165, 1.54) is 11.6 Å². The zero-order valence-corrected chi connectivity index (χ0v) is 11.4. The second kappa shape index (κ2) is 5.93. The van der Waals surface area contributed by atoms with Crippen molar-refractivity contribution < 1.29 is 4.39 Å². The van der Waals surface area contributed by atoms with E-state index in [4.69, 9.17) is 5.73 Å². The Morgan fingerprint density at radius 3 is 2.63 bits per heavy atom. The Bertz CT molecular complexity index is 549. The first-order chi connectivity index (χ1) is 9.10. The van der Waals surface area contributed by atoms with Gasteiger partial charge in [-0.2, -0.15) is 0 Å². The molecule has 1 aromatic heterocycles. The Morgan fingerprint density at radius 1 is 1.26 bits per heavy atom. The van der Waals surface area contributed by atoms with E-state index in [2.05, 4.69) is 11.9 Å². The molecule has 0 aliphatic carbocycles. The average Bonchev–Trinajstić information content (AvgIpc) is 2.39. The van der Waals surface area contributed by atoms with E-state index >= 15 is 0 Å². The second-order valence-electron chi connectivity index (χ2n) is 4.85. The van der Waals surface area contributed by atoms with Gasteiger partial charge in [0.25, 0.3) is 0 Å². The summed E-state index contributed by atoms with van der Waals surface area (Å²) in [5, 5.41) is 0. The molecule has 1 unspecified atom stereocenters. The Labute approximate surface area is 113 Å². The highest BCUT2D eigenvalue weighted by Crippen LogP contribution is 2.19. The van der Waals surface area contributed by atoms with Gasteiger partial charge in [0, 0.05) is 29.9 Å². The highest BCUT2D eigenvalue weighted by molar-refractivity contribution is 5.27. The molecule has 1 aromatic carbocycles. The van der Waals surface area contributed by atoms with Crippen molar-refractivity contribution in [1.29, 1.82) is 0 Å². The van der Waals surface area contributed by atoms with Gasteiger partial charge in [0.15, 0.2) is 0 Å². The molecule has 0 saturated carbocycles. The number of hydrogen-bond acceptors (Lipinski definition) is 2. The summed E-state index contributed by atoms with van der Waals surface area (Å²) in [6.07, 6.45) is 3.36. The maximum Gasteiger partial charge on any atom is 0.128 e. The van der Waals surface area contributed by atoms with Gasteiger partial charge in [0.05, 0.1) is 0 Å². The third-order valence-corrected chi connectivity index (χ3v) is 3.28. The van der Waals surface area contributed by atoms with Crippen molar-refractivity contribution in [1.82, 2.24) is 4.98 Å². The van der Waals surface area contributed by atoms with Crippen LogP contribution in [0.1, 0.15) is 35.3 Å². The summed E-state index contributed by atoms with van der Waals surface area (Å²) in [4.78, 5) is 4.36. The Hall–Kier alpha value is -1.74. The zero-order chi connectivity index (χ0) is 13.8. The quantitative estimate of drug-likeness (QED) is 0.913. The van der Waals surface area contributed by atoms with Gasteiger partial charge in [-0.3, -0.25) is 4.98 Å². The van der Waals surface area contributed by atoms with Gasteiger partial charge in [-0.15, -0.1) is 0 Å². The maximum absolute atomic E-state index is 13.8. The van der Waals surface area contributed by atoms with E-state index in [9.17, 15) is 4.39 Å². The standard InChI is InChI=1S/C16H19FN2/c1-3-12-5-6-13(19-10-12)9-16(18)14-7-4-11(2)8-15(14)17/h4-8,10,16H,3,9,18H2,1-2H3. The van der Waals surface area contributed by atoms with E-state index in [1.54, 1.807) is 6.07 Å². The van der Waals surface area contributed by atoms with E-state index in [-0.39, 0.29) is 11.9 Å². The molecule has 0 amide bonds. The van der Waals surface area contributed by atoms with Crippen LogP contribution in [-0.4, -0.2) is 4.98 Å². The molecule has 2 rings (SSSR count). The number of aromatic nitrogens is 1. The molecule has 0 saturated heterocycles. The lowest BCUT2D eigenvalue weighted by Gasteiger charge is -2.13.